The minimum Gasteiger partial charge on any atom is -0.494 e. The molecule has 2 nitrogen and oxygen atoms in total. The molecular weight excluding hydrogens is 624 g/mol. The SMILES string of the molecule is C[C@H](CCCOc1cccc(Br)c1)[C@H]1CC[C@H]2[C@@H]3CC[C@@H]4C[C@@H](Oc5cccc(Br)c5)CC[C@]4(C)[C@H]3CC[C@]12C. The second kappa shape index (κ2) is 11.9. The van der Waals surface area contributed by atoms with Gasteiger partial charge >= 0.3 is 0 Å². The van der Waals surface area contributed by atoms with Crippen molar-refractivity contribution in [1.29, 1.82) is 0 Å². The van der Waals surface area contributed by atoms with Crippen LogP contribution in [0.4, 0.5) is 0 Å². The molecule has 9 atom stereocenters. The molecule has 0 radical (unpaired) electrons. The number of hydrogen-bond donors (Lipinski definition) is 0. The molecule has 4 aliphatic rings. The van der Waals surface area contributed by atoms with Crippen LogP contribution in [0.25, 0.3) is 0 Å². The fraction of sp³-hybridized carbons (Fsp3) is 0.667. The molecule has 0 spiro atoms. The molecule has 4 aliphatic carbocycles. The molecule has 0 N–H and O–H groups in total. The van der Waals surface area contributed by atoms with Crippen molar-refractivity contribution in [3.05, 3.63) is 57.5 Å². The van der Waals surface area contributed by atoms with Crippen LogP contribution in [0.1, 0.15) is 91.4 Å². The Morgan fingerprint density at radius 1 is 0.825 bits per heavy atom. The Bertz CT molecular complexity index is 1170. The normalized spacial score (nSPS) is 37.6. The number of ether oxygens (including phenoxy) is 2. The first-order valence-corrected chi connectivity index (χ1v) is 17.7. The average molecular weight is 673 g/mol. The predicted octanol–water partition coefficient (Wildman–Crippen LogP) is 11.1. The van der Waals surface area contributed by atoms with Crippen molar-refractivity contribution < 1.29 is 9.47 Å². The second-order valence-corrected chi connectivity index (χ2v) is 16.1. The van der Waals surface area contributed by atoms with Crippen LogP contribution in [0.3, 0.4) is 0 Å². The summed E-state index contributed by atoms with van der Waals surface area (Å²) in [5, 5.41) is 0. The summed E-state index contributed by atoms with van der Waals surface area (Å²) in [6, 6.07) is 16.6. The molecule has 6 rings (SSSR count). The van der Waals surface area contributed by atoms with Crippen LogP contribution < -0.4 is 9.47 Å². The lowest BCUT2D eigenvalue weighted by atomic mass is 9.44. The third-order valence-electron chi connectivity index (χ3n) is 12.3. The third kappa shape index (κ3) is 5.67. The lowest BCUT2D eigenvalue weighted by Gasteiger charge is -2.61. The molecule has 0 bridgehead atoms. The molecule has 0 aliphatic heterocycles. The zero-order valence-corrected chi connectivity index (χ0v) is 27.9. The van der Waals surface area contributed by atoms with Crippen molar-refractivity contribution in [2.45, 2.75) is 97.5 Å². The van der Waals surface area contributed by atoms with E-state index < -0.39 is 0 Å². The smallest absolute Gasteiger partial charge is 0.120 e. The largest absolute Gasteiger partial charge is 0.494 e. The highest BCUT2D eigenvalue weighted by Crippen LogP contribution is 2.68. The molecule has 0 amide bonds. The van der Waals surface area contributed by atoms with Gasteiger partial charge in [-0.05, 0) is 153 Å². The van der Waals surface area contributed by atoms with Gasteiger partial charge in [0.2, 0.25) is 0 Å². The fourth-order valence-corrected chi connectivity index (χ4v) is 11.1. The topological polar surface area (TPSA) is 18.5 Å². The highest BCUT2D eigenvalue weighted by atomic mass is 79.9. The van der Waals surface area contributed by atoms with Crippen LogP contribution in [-0.2, 0) is 0 Å². The van der Waals surface area contributed by atoms with Crippen LogP contribution in [0.15, 0.2) is 57.5 Å². The van der Waals surface area contributed by atoms with E-state index in [0.717, 1.165) is 69.0 Å². The monoisotopic (exact) mass is 670 g/mol. The Balaban J connectivity index is 1.05. The van der Waals surface area contributed by atoms with Crippen LogP contribution >= 0.6 is 31.9 Å². The quantitative estimate of drug-likeness (QED) is 0.260. The lowest BCUT2D eigenvalue weighted by molar-refractivity contribution is -0.126. The van der Waals surface area contributed by atoms with E-state index >= 15 is 0 Å². The van der Waals surface area contributed by atoms with Gasteiger partial charge in [-0.3, -0.25) is 0 Å². The van der Waals surface area contributed by atoms with Gasteiger partial charge in [0.05, 0.1) is 12.7 Å². The molecule has 0 unspecified atom stereocenters. The van der Waals surface area contributed by atoms with E-state index in [1.165, 1.54) is 64.2 Å². The molecule has 4 saturated carbocycles. The molecule has 40 heavy (non-hydrogen) atoms. The Kier molecular flexibility index (Phi) is 8.68. The maximum Gasteiger partial charge on any atom is 0.120 e. The average Bonchev–Trinajstić information content (AvgIpc) is 3.29. The van der Waals surface area contributed by atoms with Gasteiger partial charge in [0, 0.05) is 8.95 Å². The molecule has 4 heteroatoms. The summed E-state index contributed by atoms with van der Waals surface area (Å²) in [6.07, 6.45) is 15.3. The number of halogens is 2. The summed E-state index contributed by atoms with van der Waals surface area (Å²) >= 11 is 7.16. The van der Waals surface area contributed by atoms with Gasteiger partial charge in [-0.15, -0.1) is 0 Å². The summed E-state index contributed by atoms with van der Waals surface area (Å²) in [7, 11) is 0. The van der Waals surface area contributed by atoms with Crippen molar-refractivity contribution in [3.63, 3.8) is 0 Å². The van der Waals surface area contributed by atoms with Gasteiger partial charge in [0.15, 0.2) is 0 Å². The lowest BCUT2D eigenvalue weighted by Crippen LogP contribution is -2.54. The molecular formula is C36H48Br2O2. The first kappa shape index (κ1) is 29.1. The van der Waals surface area contributed by atoms with Crippen molar-refractivity contribution >= 4 is 31.9 Å². The summed E-state index contributed by atoms with van der Waals surface area (Å²) in [5.41, 5.74) is 1.05. The van der Waals surface area contributed by atoms with E-state index in [0.29, 0.717) is 16.9 Å². The van der Waals surface area contributed by atoms with Gasteiger partial charge in [0.25, 0.3) is 0 Å². The summed E-state index contributed by atoms with van der Waals surface area (Å²) in [5.74, 6) is 7.29. The van der Waals surface area contributed by atoms with E-state index in [2.05, 4.69) is 101 Å². The van der Waals surface area contributed by atoms with Gasteiger partial charge in [-0.2, -0.15) is 0 Å². The van der Waals surface area contributed by atoms with E-state index in [1.54, 1.807) is 0 Å². The van der Waals surface area contributed by atoms with Crippen molar-refractivity contribution in [3.8, 4) is 11.5 Å². The minimum atomic E-state index is 0.377. The number of hydrogen-bond acceptors (Lipinski definition) is 2. The predicted molar refractivity (Wildman–Crippen MR) is 172 cm³/mol. The summed E-state index contributed by atoms with van der Waals surface area (Å²) < 4.78 is 14.8. The van der Waals surface area contributed by atoms with E-state index in [-0.39, 0.29) is 0 Å². The number of rotatable bonds is 8. The Hall–Kier alpha value is -1.00. The summed E-state index contributed by atoms with van der Waals surface area (Å²) in [6.45, 7) is 8.77. The Morgan fingerprint density at radius 2 is 1.52 bits per heavy atom. The second-order valence-electron chi connectivity index (χ2n) is 14.3. The molecule has 0 aromatic heterocycles. The van der Waals surface area contributed by atoms with Crippen LogP contribution in [0.2, 0.25) is 0 Å². The summed E-state index contributed by atoms with van der Waals surface area (Å²) in [4.78, 5) is 0. The van der Waals surface area contributed by atoms with Gasteiger partial charge in [-0.25, -0.2) is 0 Å². The first-order chi connectivity index (χ1) is 19.3. The molecule has 2 aromatic rings. The third-order valence-corrected chi connectivity index (χ3v) is 13.3. The van der Waals surface area contributed by atoms with Crippen LogP contribution in [0.5, 0.6) is 11.5 Å². The molecule has 0 saturated heterocycles. The van der Waals surface area contributed by atoms with E-state index in [4.69, 9.17) is 9.47 Å². The van der Waals surface area contributed by atoms with Crippen molar-refractivity contribution in [2.24, 2.45) is 46.3 Å². The van der Waals surface area contributed by atoms with Gasteiger partial charge < -0.3 is 9.47 Å². The Labute approximate surface area is 259 Å². The number of fused-ring (bicyclic) bond motifs is 5. The van der Waals surface area contributed by atoms with Crippen molar-refractivity contribution in [1.82, 2.24) is 0 Å². The maximum atomic E-state index is 6.52. The number of benzene rings is 2. The first-order valence-electron chi connectivity index (χ1n) is 16.1. The molecule has 218 valence electrons. The molecule has 0 heterocycles. The van der Waals surface area contributed by atoms with Crippen molar-refractivity contribution in [2.75, 3.05) is 6.61 Å². The zero-order valence-electron chi connectivity index (χ0n) is 24.7. The fourth-order valence-electron chi connectivity index (χ4n) is 10.4. The minimum absolute atomic E-state index is 0.377. The molecule has 2 aromatic carbocycles. The Morgan fingerprint density at radius 3 is 2.30 bits per heavy atom. The standard InChI is InChI=1S/C36H48Br2O2/c1-24(7-6-20-39-28-10-4-8-26(37)22-28)32-14-15-33-31-13-12-25-21-30(40-29-11-5-9-27(38)23-29)16-18-35(25,2)34(31)17-19-36(32,33)3/h4-5,8-11,22-25,30-34H,6-7,12-21H2,1-3H3/t24-,25-,30+,31+,32-,33+,34+,35+,36-/m1/s1. The van der Waals surface area contributed by atoms with E-state index in [9.17, 15) is 0 Å². The van der Waals surface area contributed by atoms with E-state index in [1.807, 2.05) is 0 Å². The van der Waals surface area contributed by atoms with Gasteiger partial charge in [0.1, 0.15) is 11.5 Å². The van der Waals surface area contributed by atoms with Crippen LogP contribution in [-0.4, -0.2) is 12.7 Å². The maximum absolute atomic E-state index is 6.52. The van der Waals surface area contributed by atoms with Gasteiger partial charge in [-0.1, -0.05) is 64.8 Å². The molecule has 4 fully saturated rings. The highest BCUT2D eigenvalue weighted by Gasteiger charge is 2.60. The highest BCUT2D eigenvalue weighted by molar-refractivity contribution is 9.10. The van der Waals surface area contributed by atoms with Crippen LogP contribution in [0, 0.1) is 46.3 Å². The zero-order chi connectivity index (χ0) is 27.9.